The predicted octanol–water partition coefficient (Wildman–Crippen LogP) is 5.16. The fourth-order valence-electron chi connectivity index (χ4n) is 3.69. The molecule has 5 nitrogen and oxygen atoms in total. The molecule has 0 atom stereocenters. The van der Waals surface area contributed by atoms with Crippen molar-refractivity contribution in [1.82, 2.24) is 15.2 Å². The van der Waals surface area contributed by atoms with Crippen LogP contribution in [0, 0.1) is 0 Å². The number of rotatable bonds is 5. The highest BCUT2D eigenvalue weighted by molar-refractivity contribution is 7.80. The summed E-state index contributed by atoms with van der Waals surface area (Å²) in [5.41, 5.74) is 2.43. The van der Waals surface area contributed by atoms with Crippen molar-refractivity contribution in [1.29, 1.82) is 0 Å². The van der Waals surface area contributed by atoms with Crippen molar-refractivity contribution < 1.29 is 4.79 Å². The van der Waals surface area contributed by atoms with Crippen molar-refractivity contribution >= 4 is 40.3 Å². The molecule has 3 rings (SSSR count). The van der Waals surface area contributed by atoms with E-state index in [1.165, 1.54) is 0 Å². The van der Waals surface area contributed by atoms with Crippen LogP contribution in [0.4, 0.5) is 5.69 Å². The van der Waals surface area contributed by atoms with Gasteiger partial charge in [-0.1, -0.05) is 45.9 Å². The summed E-state index contributed by atoms with van der Waals surface area (Å²) in [7, 11) is 0. The number of carbonyl (C=O) groups excluding carboxylic acids is 1. The standard InChI is InChI=1S/C23H32N4OS2/c1-5-12-24-22(29)27-13-10-16(11-14-27)21-26-19(15-30-21)20(28)25-18-9-7-6-8-17(18)23(2,3)4/h6-9,15-16H,5,10-14H2,1-4H3,(H,24,29)(H,25,28). The van der Waals surface area contributed by atoms with Crippen LogP contribution in [0.1, 0.15) is 73.9 Å². The number of thiocarbonyl (C=S) groups is 1. The van der Waals surface area contributed by atoms with Crippen molar-refractivity contribution in [3.63, 3.8) is 0 Å². The Labute approximate surface area is 189 Å². The van der Waals surface area contributed by atoms with E-state index in [4.69, 9.17) is 12.2 Å². The van der Waals surface area contributed by atoms with E-state index >= 15 is 0 Å². The second-order valence-corrected chi connectivity index (χ2v) is 10.1. The molecular weight excluding hydrogens is 412 g/mol. The van der Waals surface area contributed by atoms with Gasteiger partial charge >= 0.3 is 0 Å². The molecule has 7 heteroatoms. The summed E-state index contributed by atoms with van der Waals surface area (Å²) in [6.07, 6.45) is 3.09. The molecule has 2 heterocycles. The number of hydrogen-bond donors (Lipinski definition) is 2. The van der Waals surface area contributed by atoms with E-state index in [9.17, 15) is 4.79 Å². The number of amides is 1. The van der Waals surface area contributed by atoms with Crippen LogP contribution < -0.4 is 10.6 Å². The van der Waals surface area contributed by atoms with Gasteiger partial charge in [0.15, 0.2) is 5.11 Å². The van der Waals surface area contributed by atoms with Gasteiger partial charge in [-0.3, -0.25) is 4.79 Å². The lowest BCUT2D eigenvalue weighted by Crippen LogP contribution is -2.44. The zero-order valence-electron chi connectivity index (χ0n) is 18.3. The highest BCUT2D eigenvalue weighted by atomic mass is 32.1. The molecule has 0 saturated carbocycles. The van der Waals surface area contributed by atoms with Crippen LogP contribution >= 0.6 is 23.6 Å². The number of hydrogen-bond acceptors (Lipinski definition) is 4. The van der Waals surface area contributed by atoms with Crippen LogP contribution in [0.3, 0.4) is 0 Å². The first-order valence-corrected chi connectivity index (χ1v) is 12.0. The fraction of sp³-hybridized carbons (Fsp3) is 0.522. The first kappa shape index (κ1) is 22.7. The molecular formula is C23H32N4OS2. The molecule has 1 fully saturated rings. The molecule has 1 aromatic heterocycles. The minimum Gasteiger partial charge on any atom is -0.363 e. The van der Waals surface area contributed by atoms with Gasteiger partial charge in [0, 0.05) is 36.6 Å². The van der Waals surface area contributed by atoms with Gasteiger partial charge in [-0.25, -0.2) is 4.98 Å². The third kappa shape index (κ3) is 5.58. The highest BCUT2D eigenvalue weighted by Gasteiger charge is 2.25. The lowest BCUT2D eigenvalue weighted by Gasteiger charge is -2.33. The van der Waals surface area contributed by atoms with Crippen LogP contribution in [0.25, 0.3) is 0 Å². The molecule has 0 spiro atoms. The van der Waals surface area contributed by atoms with E-state index in [1.807, 2.05) is 23.6 Å². The Morgan fingerprint density at radius 3 is 2.63 bits per heavy atom. The number of piperidine rings is 1. The minimum absolute atomic E-state index is 0.0440. The zero-order valence-corrected chi connectivity index (χ0v) is 20.0. The summed E-state index contributed by atoms with van der Waals surface area (Å²) in [4.78, 5) is 19.8. The SMILES string of the molecule is CCCNC(=S)N1CCC(c2nc(C(=O)Nc3ccccc3C(C)(C)C)cs2)CC1. The maximum absolute atomic E-state index is 12.8. The third-order valence-corrected chi connectivity index (χ3v) is 6.81. The summed E-state index contributed by atoms with van der Waals surface area (Å²) in [5.74, 6) is 0.250. The smallest absolute Gasteiger partial charge is 0.275 e. The Balaban J connectivity index is 1.61. The highest BCUT2D eigenvalue weighted by Crippen LogP contribution is 2.32. The average Bonchev–Trinajstić information content (AvgIpc) is 3.22. The van der Waals surface area contributed by atoms with E-state index in [0.29, 0.717) is 11.6 Å². The number of nitrogens with zero attached hydrogens (tertiary/aromatic N) is 2. The molecule has 1 saturated heterocycles. The molecule has 0 aliphatic carbocycles. The Bertz CT molecular complexity index is 879. The normalized spacial score (nSPS) is 15.1. The molecule has 0 bridgehead atoms. The van der Waals surface area contributed by atoms with E-state index in [1.54, 1.807) is 11.3 Å². The fourth-order valence-corrected chi connectivity index (χ4v) is 4.94. The summed E-state index contributed by atoms with van der Waals surface area (Å²) in [5, 5.41) is 10.2. The Hall–Kier alpha value is -1.99. The van der Waals surface area contributed by atoms with Crippen LogP contribution in [0.15, 0.2) is 29.6 Å². The van der Waals surface area contributed by atoms with Gasteiger partial charge < -0.3 is 15.5 Å². The Morgan fingerprint density at radius 1 is 1.27 bits per heavy atom. The number of carbonyl (C=O) groups is 1. The average molecular weight is 445 g/mol. The topological polar surface area (TPSA) is 57.3 Å². The second-order valence-electron chi connectivity index (χ2n) is 8.81. The van der Waals surface area contributed by atoms with E-state index in [2.05, 4.69) is 54.3 Å². The summed E-state index contributed by atoms with van der Waals surface area (Å²) in [6.45, 7) is 11.4. The van der Waals surface area contributed by atoms with E-state index in [-0.39, 0.29) is 11.3 Å². The number of benzene rings is 1. The van der Waals surface area contributed by atoms with Gasteiger partial charge in [-0.15, -0.1) is 11.3 Å². The van der Waals surface area contributed by atoms with E-state index < -0.39 is 0 Å². The molecule has 1 aliphatic rings. The number of nitrogens with one attached hydrogen (secondary N) is 2. The van der Waals surface area contributed by atoms with Gasteiger partial charge in [0.2, 0.25) is 0 Å². The first-order chi connectivity index (χ1) is 14.3. The molecule has 2 N–H and O–H groups in total. The first-order valence-electron chi connectivity index (χ1n) is 10.7. The van der Waals surface area contributed by atoms with Gasteiger partial charge in [-0.05, 0) is 48.5 Å². The van der Waals surface area contributed by atoms with Crippen LogP contribution in [0.2, 0.25) is 0 Å². The number of likely N-dealkylation sites (tertiary alicyclic amines) is 1. The van der Waals surface area contributed by atoms with E-state index in [0.717, 1.165) is 60.3 Å². The van der Waals surface area contributed by atoms with Crippen molar-refractivity contribution in [2.75, 3.05) is 25.0 Å². The van der Waals surface area contributed by atoms with Crippen LogP contribution in [-0.4, -0.2) is 40.5 Å². The third-order valence-electron chi connectivity index (χ3n) is 5.40. The number of para-hydroxylation sites is 1. The molecule has 2 aromatic rings. The molecule has 0 unspecified atom stereocenters. The molecule has 0 radical (unpaired) electrons. The minimum atomic E-state index is -0.142. The van der Waals surface area contributed by atoms with Crippen molar-refractivity contribution in [3.8, 4) is 0 Å². The van der Waals surface area contributed by atoms with Gasteiger partial charge in [0.25, 0.3) is 5.91 Å². The number of anilines is 1. The summed E-state index contributed by atoms with van der Waals surface area (Å²) < 4.78 is 0. The molecule has 30 heavy (non-hydrogen) atoms. The van der Waals surface area contributed by atoms with Gasteiger partial charge in [0.05, 0.1) is 5.01 Å². The maximum atomic E-state index is 12.8. The largest absolute Gasteiger partial charge is 0.363 e. The van der Waals surface area contributed by atoms with Crippen molar-refractivity contribution in [2.45, 2.75) is 58.3 Å². The maximum Gasteiger partial charge on any atom is 0.275 e. The lowest BCUT2D eigenvalue weighted by atomic mass is 9.86. The van der Waals surface area contributed by atoms with Crippen LogP contribution in [-0.2, 0) is 5.41 Å². The second kappa shape index (κ2) is 9.88. The van der Waals surface area contributed by atoms with Crippen molar-refractivity contribution in [3.05, 3.63) is 45.9 Å². The summed E-state index contributed by atoms with van der Waals surface area (Å²) >= 11 is 7.07. The Morgan fingerprint density at radius 2 is 1.97 bits per heavy atom. The quantitative estimate of drug-likeness (QED) is 0.624. The predicted molar refractivity (Wildman–Crippen MR) is 130 cm³/mol. The van der Waals surface area contributed by atoms with Gasteiger partial charge in [-0.2, -0.15) is 0 Å². The zero-order chi connectivity index (χ0) is 21.7. The van der Waals surface area contributed by atoms with Crippen LogP contribution in [0.5, 0.6) is 0 Å². The molecule has 1 aromatic carbocycles. The molecule has 1 amide bonds. The van der Waals surface area contributed by atoms with Gasteiger partial charge in [0.1, 0.15) is 5.69 Å². The van der Waals surface area contributed by atoms with Crippen molar-refractivity contribution in [2.24, 2.45) is 0 Å². The molecule has 162 valence electrons. The number of thiazole rings is 1. The summed E-state index contributed by atoms with van der Waals surface area (Å²) in [6, 6.07) is 7.98. The lowest BCUT2D eigenvalue weighted by molar-refractivity contribution is 0.102. The monoisotopic (exact) mass is 444 g/mol. The number of aromatic nitrogens is 1. The Kier molecular flexibility index (Phi) is 7.47. The molecule has 1 aliphatic heterocycles.